The van der Waals surface area contributed by atoms with Gasteiger partial charge in [0.25, 0.3) is 0 Å². The molecule has 1 amide bonds. The second-order valence-corrected chi connectivity index (χ2v) is 5.62. The van der Waals surface area contributed by atoms with E-state index in [2.05, 4.69) is 24.4 Å². The highest BCUT2D eigenvalue weighted by molar-refractivity contribution is 5.76. The average molecular weight is 306 g/mol. The zero-order valence-corrected chi connectivity index (χ0v) is 13.6. The molecule has 0 saturated heterocycles. The molecule has 0 aliphatic carbocycles. The summed E-state index contributed by atoms with van der Waals surface area (Å²) in [7, 11) is 1.65. The van der Waals surface area contributed by atoms with Gasteiger partial charge in [-0.1, -0.05) is 19.9 Å². The van der Waals surface area contributed by atoms with E-state index in [9.17, 15) is 4.79 Å². The summed E-state index contributed by atoms with van der Waals surface area (Å²) in [6.45, 7) is 5.05. The average Bonchev–Trinajstić information content (AvgIpc) is 2.54. The number of carbonyl (C=O) groups is 1. The van der Waals surface area contributed by atoms with Gasteiger partial charge in [0.15, 0.2) is 0 Å². The Kier molecular flexibility index (Phi) is 5.80. The molecule has 1 aromatic rings. The van der Waals surface area contributed by atoms with Gasteiger partial charge in [-0.05, 0) is 23.6 Å². The van der Waals surface area contributed by atoms with Crippen molar-refractivity contribution < 1.29 is 14.3 Å². The van der Waals surface area contributed by atoms with E-state index in [1.165, 1.54) is 0 Å². The van der Waals surface area contributed by atoms with Crippen LogP contribution in [0.4, 0.5) is 0 Å². The molecule has 0 spiro atoms. The van der Waals surface area contributed by atoms with Crippen LogP contribution in [0.5, 0.6) is 5.75 Å². The van der Waals surface area contributed by atoms with Crippen molar-refractivity contribution in [3.05, 3.63) is 28.8 Å². The standard InChI is InChI=1S/C17H26N2O3/c1-4-11-8-12(14(18)10-21-3)9-13-15(19-16(20)5-2)6-7-22-17(11)13/h8-9,14-15H,4-7,10,18H2,1-3H3,(H,19,20). The first kappa shape index (κ1) is 16.8. The fraction of sp³-hybridized carbons (Fsp3) is 0.588. The van der Waals surface area contributed by atoms with Crippen LogP contribution in [0.1, 0.15) is 55.5 Å². The van der Waals surface area contributed by atoms with Crippen LogP contribution in [0.25, 0.3) is 0 Å². The van der Waals surface area contributed by atoms with Crippen LogP contribution in [0.15, 0.2) is 12.1 Å². The van der Waals surface area contributed by atoms with E-state index >= 15 is 0 Å². The summed E-state index contributed by atoms with van der Waals surface area (Å²) in [5, 5.41) is 3.08. The van der Waals surface area contributed by atoms with Gasteiger partial charge in [0, 0.05) is 25.5 Å². The molecule has 3 N–H and O–H groups in total. The first-order chi connectivity index (χ1) is 10.6. The molecule has 0 saturated carbocycles. The number of amides is 1. The summed E-state index contributed by atoms with van der Waals surface area (Å²) in [4.78, 5) is 11.8. The van der Waals surface area contributed by atoms with Crippen molar-refractivity contribution >= 4 is 5.91 Å². The number of fused-ring (bicyclic) bond motifs is 1. The van der Waals surface area contributed by atoms with Crippen molar-refractivity contribution in [2.45, 2.75) is 45.2 Å². The largest absolute Gasteiger partial charge is 0.493 e. The van der Waals surface area contributed by atoms with Gasteiger partial charge in [0.1, 0.15) is 5.75 Å². The van der Waals surface area contributed by atoms with E-state index in [-0.39, 0.29) is 18.0 Å². The molecule has 2 unspecified atom stereocenters. The molecular formula is C17H26N2O3. The Bertz CT molecular complexity index is 531. The molecule has 0 fully saturated rings. The molecule has 0 radical (unpaired) electrons. The van der Waals surface area contributed by atoms with Crippen molar-refractivity contribution in [3.63, 3.8) is 0 Å². The lowest BCUT2D eigenvalue weighted by Crippen LogP contribution is -2.32. The van der Waals surface area contributed by atoms with Crippen LogP contribution in [0.3, 0.4) is 0 Å². The molecule has 2 rings (SSSR count). The minimum absolute atomic E-state index is 0.00352. The lowest BCUT2D eigenvalue weighted by atomic mass is 9.92. The van der Waals surface area contributed by atoms with Crippen molar-refractivity contribution in [2.24, 2.45) is 5.73 Å². The van der Waals surface area contributed by atoms with Crippen molar-refractivity contribution in [2.75, 3.05) is 20.3 Å². The third kappa shape index (κ3) is 3.59. The summed E-state index contributed by atoms with van der Waals surface area (Å²) in [5.41, 5.74) is 9.38. The third-order valence-corrected chi connectivity index (χ3v) is 4.06. The van der Waals surface area contributed by atoms with Crippen LogP contribution in [-0.4, -0.2) is 26.2 Å². The third-order valence-electron chi connectivity index (χ3n) is 4.06. The molecule has 0 aromatic heterocycles. The van der Waals surface area contributed by atoms with Gasteiger partial charge in [0.2, 0.25) is 5.91 Å². The SMILES string of the molecule is CCC(=O)NC1CCOc2c(CC)cc(C(N)COC)cc21. The van der Waals surface area contributed by atoms with E-state index in [1.807, 2.05) is 6.92 Å². The maximum Gasteiger partial charge on any atom is 0.220 e. The Morgan fingerprint density at radius 1 is 1.50 bits per heavy atom. The number of carbonyl (C=O) groups excluding carboxylic acids is 1. The number of hydrogen-bond donors (Lipinski definition) is 2. The predicted molar refractivity (Wildman–Crippen MR) is 85.9 cm³/mol. The first-order valence-electron chi connectivity index (χ1n) is 7.94. The number of nitrogens with one attached hydrogen (secondary N) is 1. The molecule has 1 aromatic carbocycles. The summed E-state index contributed by atoms with van der Waals surface area (Å²) in [6.07, 6.45) is 2.13. The molecule has 2 atom stereocenters. The quantitative estimate of drug-likeness (QED) is 0.845. The zero-order valence-electron chi connectivity index (χ0n) is 13.6. The van der Waals surface area contributed by atoms with Crippen molar-refractivity contribution in [1.29, 1.82) is 0 Å². The van der Waals surface area contributed by atoms with E-state index in [1.54, 1.807) is 7.11 Å². The van der Waals surface area contributed by atoms with Crippen LogP contribution in [0, 0.1) is 0 Å². The monoisotopic (exact) mass is 306 g/mol. The number of methoxy groups -OCH3 is 1. The number of rotatable bonds is 6. The highest BCUT2D eigenvalue weighted by Crippen LogP contribution is 2.37. The second kappa shape index (κ2) is 7.61. The van der Waals surface area contributed by atoms with Gasteiger partial charge in [-0.25, -0.2) is 0 Å². The van der Waals surface area contributed by atoms with Crippen LogP contribution < -0.4 is 15.8 Å². The number of aryl methyl sites for hydroxylation is 1. The predicted octanol–water partition coefficient (Wildman–Crippen LogP) is 2.25. The highest BCUT2D eigenvalue weighted by Gasteiger charge is 2.26. The van der Waals surface area contributed by atoms with E-state index in [0.29, 0.717) is 19.6 Å². The molecule has 1 heterocycles. The molecule has 5 nitrogen and oxygen atoms in total. The molecule has 5 heteroatoms. The number of hydrogen-bond acceptors (Lipinski definition) is 4. The lowest BCUT2D eigenvalue weighted by Gasteiger charge is -2.29. The van der Waals surface area contributed by atoms with Gasteiger partial charge in [0.05, 0.1) is 25.3 Å². The second-order valence-electron chi connectivity index (χ2n) is 5.62. The van der Waals surface area contributed by atoms with Gasteiger partial charge < -0.3 is 20.5 Å². The maximum absolute atomic E-state index is 11.8. The number of nitrogens with two attached hydrogens (primary N) is 1. The molecule has 0 bridgehead atoms. The van der Waals surface area contributed by atoms with Crippen molar-refractivity contribution in [1.82, 2.24) is 5.32 Å². The summed E-state index contributed by atoms with van der Waals surface area (Å²) >= 11 is 0. The van der Waals surface area contributed by atoms with Gasteiger partial charge in [-0.15, -0.1) is 0 Å². The van der Waals surface area contributed by atoms with E-state index in [0.717, 1.165) is 35.3 Å². The summed E-state index contributed by atoms with van der Waals surface area (Å²) < 4.78 is 11.0. The fourth-order valence-corrected chi connectivity index (χ4v) is 2.81. The minimum Gasteiger partial charge on any atom is -0.493 e. The van der Waals surface area contributed by atoms with Crippen molar-refractivity contribution in [3.8, 4) is 5.75 Å². The molecule has 1 aliphatic rings. The number of ether oxygens (including phenoxy) is 2. The smallest absolute Gasteiger partial charge is 0.220 e. The maximum atomic E-state index is 11.8. The Hall–Kier alpha value is -1.59. The van der Waals surface area contributed by atoms with E-state index < -0.39 is 0 Å². The molecular weight excluding hydrogens is 280 g/mol. The topological polar surface area (TPSA) is 73.6 Å². The Balaban J connectivity index is 2.39. The zero-order chi connectivity index (χ0) is 16.1. The summed E-state index contributed by atoms with van der Waals surface area (Å²) in [6, 6.07) is 3.96. The number of benzene rings is 1. The first-order valence-corrected chi connectivity index (χ1v) is 7.94. The fourth-order valence-electron chi connectivity index (χ4n) is 2.81. The van der Waals surface area contributed by atoms with Crippen LogP contribution in [-0.2, 0) is 16.0 Å². The Morgan fingerprint density at radius 3 is 2.91 bits per heavy atom. The highest BCUT2D eigenvalue weighted by atomic mass is 16.5. The molecule has 22 heavy (non-hydrogen) atoms. The Morgan fingerprint density at radius 2 is 2.27 bits per heavy atom. The normalized spacial score (nSPS) is 18.3. The van der Waals surface area contributed by atoms with Gasteiger partial charge >= 0.3 is 0 Å². The van der Waals surface area contributed by atoms with E-state index in [4.69, 9.17) is 15.2 Å². The summed E-state index contributed by atoms with van der Waals surface area (Å²) in [5.74, 6) is 0.964. The molecule has 122 valence electrons. The minimum atomic E-state index is -0.176. The lowest BCUT2D eigenvalue weighted by molar-refractivity contribution is -0.121. The van der Waals surface area contributed by atoms with Crippen LogP contribution >= 0.6 is 0 Å². The van der Waals surface area contributed by atoms with Crippen LogP contribution in [0.2, 0.25) is 0 Å². The van der Waals surface area contributed by atoms with Gasteiger partial charge in [-0.3, -0.25) is 4.79 Å². The molecule has 1 aliphatic heterocycles. The van der Waals surface area contributed by atoms with Gasteiger partial charge in [-0.2, -0.15) is 0 Å². The Labute approximate surface area is 132 Å².